The number of rotatable bonds is 9. The first-order valence-corrected chi connectivity index (χ1v) is 7.74. The van der Waals surface area contributed by atoms with Gasteiger partial charge in [-0.3, -0.25) is 0 Å². The zero-order valence-electron chi connectivity index (χ0n) is 12.4. The van der Waals surface area contributed by atoms with Crippen LogP contribution >= 0.6 is 0 Å². The Balaban J connectivity index is 1.90. The lowest BCUT2D eigenvalue weighted by atomic mass is 10.2. The van der Waals surface area contributed by atoms with E-state index in [1.807, 2.05) is 6.20 Å². The molecule has 0 aromatic carbocycles. The minimum absolute atomic E-state index is 0.916. The van der Waals surface area contributed by atoms with Crippen molar-refractivity contribution in [3.63, 3.8) is 0 Å². The van der Waals surface area contributed by atoms with Crippen molar-refractivity contribution in [2.24, 2.45) is 5.92 Å². The molecule has 1 saturated carbocycles. The van der Waals surface area contributed by atoms with E-state index in [1.165, 1.54) is 37.8 Å². The van der Waals surface area contributed by atoms with Crippen LogP contribution in [0.5, 0.6) is 0 Å². The summed E-state index contributed by atoms with van der Waals surface area (Å²) < 4.78 is 0. The molecule has 0 radical (unpaired) electrons. The second kappa shape index (κ2) is 7.49. The van der Waals surface area contributed by atoms with Gasteiger partial charge in [0, 0.05) is 25.8 Å². The van der Waals surface area contributed by atoms with Crippen molar-refractivity contribution >= 4 is 5.82 Å². The fourth-order valence-electron chi connectivity index (χ4n) is 2.30. The number of nitrogens with zero attached hydrogens (tertiary/aromatic N) is 2. The number of anilines is 1. The molecule has 1 fully saturated rings. The van der Waals surface area contributed by atoms with Gasteiger partial charge in [-0.1, -0.05) is 19.9 Å². The normalized spacial score (nSPS) is 14.6. The quantitative estimate of drug-likeness (QED) is 0.692. The van der Waals surface area contributed by atoms with Crippen LogP contribution in [0.1, 0.15) is 45.1 Å². The summed E-state index contributed by atoms with van der Waals surface area (Å²) in [6.45, 7) is 8.74. The third kappa shape index (κ3) is 4.83. The topological polar surface area (TPSA) is 28.2 Å². The Morgan fingerprint density at radius 2 is 2.11 bits per heavy atom. The summed E-state index contributed by atoms with van der Waals surface area (Å²) in [5.74, 6) is 2.06. The molecule has 0 unspecified atom stereocenters. The smallest absolute Gasteiger partial charge is 0.128 e. The van der Waals surface area contributed by atoms with E-state index in [0.717, 1.165) is 31.4 Å². The summed E-state index contributed by atoms with van der Waals surface area (Å²) in [6, 6.07) is 4.39. The van der Waals surface area contributed by atoms with Crippen LogP contribution in [0.3, 0.4) is 0 Å². The van der Waals surface area contributed by atoms with Gasteiger partial charge in [-0.05, 0) is 49.8 Å². The summed E-state index contributed by atoms with van der Waals surface area (Å²) in [5.41, 5.74) is 1.28. The van der Waals surface area contributed by atoms with Crippen LogP contribution in [0.25, 0.3) is 0 Å². The highest BCUT2D eigenvalue weighted by Crippen LogP contribution is 2.31. The molecule has 0 aliphatic heterocycles. The Bertz CT molecular complexity index is 357. The van der Waals surface area contributed by atoms with Crippen molar-refractivity contribution in [1.82, 2.24) is 10.3 Å². The maximum absolute atomic E-state index is 4.64. The summed E-state index contributed by atoms with van der Waals surface area (Å²) in [7, 11) is 0. The van der Waals surface area contributed by atoms with Crippen molar-refractivity contribution in [1.29, 1.82) is 0 Å². The van der Waals surface area contributed by atoms with Crippen LogP contribution in [0.4, 0.5) is 5.82 Å². The molecule has 1 aromatic heterocycles. The van der Waals surface area contributed by atoms with Gasteiger partial charge in [0.05, 0.1) is 0 Å². The van der Waals surface area contributed by atoms with Crippen molar-refractivity contribution in [2.45, 2.75) is 46.1 Å². The van der Waals surface area contributed by atoms with Gasteiger partial charge >= 0.3 is 0 Å². The maximum Gasteiger partial charge on any atom is 0.128 e. The summed E-state index contributed by atoms with van der Waals surface area (Å²) in [4.78, 5) is 7.09. The molecule has 1 aliphatic carbocycles. The molecular formula is C16H27N3. The van der Waals surface area contributed by atoms with Gasteiger partial charge in [-0.15, -0.1) is 0 Å². The van der Waals surface area contributed by atoms with Crippen molar-refractivity contribution < 1.29 is 0 Å². The first-order valence-electron chi connectivity index (χ1n) is 7.74. The minimum Gasteiger partial charge on any atom is -0.356 e. The van der Waals surface area contributed by atoms with Crippen molar-refractivity contribution in [3.8, 4) is 0 Å². The molecular weight excluding hydrogens is 234 g/mol. The highest BCUT2D eigenvalue weighted by Gasteiger charge is 2.24. The highest BCUT2D eigenvalue weighted by molar-refractivity contribution is 5.39. The van der Waals surface area contributed by atoms with Crippen LogP contribution in [-0.4, -0.2) is 24.6 Å². The first kappa shape index (κ1) is 14.3. The third-order valence-electron chi connectivity index (χ3n) is 3.56. The molecule has 2 rings (SSSR count). The molecule has 0 saturated heterocycles. The first-order chi connectivity index (χ1) is 9.33. The molecule has 3 heteroatoms. The van der Waals surface area contributed by atoms with E-state index in [2.05, 4.69) is 41.2 Å². The second-order valence-corrected chi connectivity index (χ2v) is 5.59. The molecule has 1 heterocycles. The average Bonchev–Trinajstić information content (AvgIpc) is 3.23. The molecule has 3 nitrogen and oxygen atoms in total. The number of aromatic nitrogens is 1. The number of pyridine rings is 1. The van der Waals surface area contributed by atoms with E-state index in [1.54, 1.807) is 0 Å². The summed E-state index contributed by atoms with van der Waals surface area (Å²) in [6.07, 6.45) is 7.19. The fourth-order valence-corrected chi connectivity index (χ4v) is 2.30. The summed E-state index contributed by atoms with van der Waals surface area (Å²) >= 11 is 0. The monoisotopic (exact) mass is 261 g/mol. The minimum atomic E-state index is 0.916. The third-order valence-corrected chi connectivity index (χ3v) is 3.56. The number of nitrogens with one attached hydrogen (secondary N) is 1. The van der Waals surface area contributed by atoms with Gasteiger partial charge < -0.3 is 10.2 Å². The maximum atomic E-state index is 4.64. The fraction of sp³-hybridized carbons (Fsp3) is 0.688. The van der Waals surface area contributed by atoms with Crippen LogP contribution in [-0.2, 0) is 6.54 Å². The van der Waals surface area contributed by atoms with Crippen LogP contribution in [0.15, 0.2) is 18.3 Å². The average molecular weight is 261 g/mol. The molecule has 1 aromatic rings. The van der Waals surface area contributed by atoms with Crippen molar-refractivity contribution in [2.75, 3.05) is 24.5 Å². The van der Waals surface area contributed by atoms with E-state index < -0.39 is 0 Å². The number of hydrogen-bond acceptors (Lipinski definition) is 3. The van der Waals surface area contributed by atoms with E-state index >= 15 is 0 Å². The van der Waals surface area contributed by atoms with Gasteiger partial charge in [-0.2, -0.15) is 0 Å². The van der Waals surface area contributed by atoms with Crippen LogP contribution in [0.2, 0.25) is 0 Å². The number of hydrogen-bond donors (Lipinski definition) is 1. The molecule has 0 atom stereocenters. The van der Waals surface area contributed by atoms with Gasteiger partial charge in [0.25, 0.3) is 0 Å². The zero-order chi connectivity index (χ0) is 13.5. The molecule has 19 heavy (non-hydrogen) atoms. The lowest BCUT2D eigenvalue weighted by molar-refractivity contribution is 0.671. The van der Waals surface area contributed by atoms with Gasteiger partial charge in [0.15, 0.2) is 0 Å². The lowest BCUT2D eigenvalue weighted by Crippen LogP contribution is -2.27. The molecule has 106 valence electrons. The molecule has 0 amide bonds. The SMILES string of the molecule is CCCNCc1ccc(N(CCC)CC2CC2)nc1. The van der Waals surface area contributed by atoms with E-state index in [4.69, 9.17) is 0 Å². The Morgan fingerprint density at radius 3 is 2.68 bits per heavy atom. The van der Waals surface area contributed by atoms with E-state index in [9.17, 15) is 0 Å². The Hall–Kier alpha value is -1.09. The zero-order valence-corrected chi connectivity index (χ0v) is 12.4. The second-order valence-electron chi connectivity index (χ2n) is 5.59. The van der Waals surface area contributed by atoms with E-state index in [0.29, 0.717) is 0 Å². The molecule has 1 aliphatic rings. The predicted octanol–water partition coefficient (Wildman–Crippen LogP) is 3.21. The Kier molecular flexibility index (Phi) is 5.64. The summed E-state index contributed by atoms with van der Waals surface area (Å²) in [5, 5.41) is 3.41. The lowest BCUT2D eigenvalue weighted by Gasteiger charge is -2.23. The highest BCUT2D eigenvalue weighted by atomic mass is 15.2. The Labute approximate surface area is 117 Å². The molecule has 1 N–H and O–H groups in total. The van der Waals surface area contributed by atoms with Crippen LogP contribution in [0, 0.1) is 5.92 Å². The largest absolute Gasteiger partial charge is 0.356 e. The molecule has 0 spiro atoms. The van der Waals surface area contributed by atoms with Crippen molar-refractivity contribution in [3.05, 3.63) is 23.9 Å². The standard InChI is InChI=1S/C16H27N3/c1-3-9-17-11-15-7-8-16(18-12-15)19(10-4-2)13-14-5-6-14/h7-8,12,14,17H,3-6,9-11,13H2,1-2H3. The van der Waals surface area contributed by atoms with Gasteiger partial charge in [-0.25, -0.2) is 4.98 Å². The Morgan fingerprint density at radius 1 is 1.26 bits per heavy atom. The predicted molar refractivity (Wildman–Crippen MR) is 81.5 cm³/mol. The molecule has 0 bridgehead atoms. The van der Waals surface area contributed by atoms with Gasteiger partial charge in [0.1, 0.15) is 5.82 Å². The van der Waals surface area contributed by atoms with Gasteiger partial charge in [0.2, 0.25) is 0 Å². The van der Waals surface area contributed by atoms with E-state index in [-0.39, 0.29) is 0 Å². The van der Waals surface area contributed by atoms with Crippen LogP contribution < -0.4 is 10.2 Å².